The van der Waals surface area contributed by atoms with Crippen LogP contribution in [0.3, 0.4) is 0 Å². The summed E-state index contributed by atoms with van der Waals surface area (Å²) in [6.45, 7) is 2.09. The lowest BCUT2D eigenvalue weighted by molar-refractivity contribution is 0.768. The molecule has 106 valence electrons. The van der Waals surface area contributed by atoms with E-state index >= 15 is 0 Å². The first-order chi connectivity index (χ1) is 10.2. The predicted octanol–water partition coefficient (Wildman–Crippen LogP) is 3.05. The highest BCUT2D eigenvalue weighted by Crippen LogP contribution is 2.22. The molecule has 0 unspecified atom stereocenters. The molecule has 0 saturated heterocycles. The molecular formula is C16H17N5. The molecule has 2 aromatic heterocycles. The Morgan fingerprint density at radius 3 is 2.71 bits per heavy atom. The molecule has 0 spiro atoms. The topological polar surface area (TPSA) is 55.6 Å². The van der Waals surface area contributed by atoms with Crippen molar-refractivity contribution in [3.63, 3.8) is 0 Å². The monoisotopic (exact) mass is 279 g/mol. The number of rotatable bonds is 4. The number of pyridine rings is 1. The molecule has 0 radical (unpaired) electrons. The van der Waals surface area contributed by atoms with Gasteiger partial charge in [-0.3, -0.25) is 9.67 Å². The number of hydrogen-bond acceptors (Lipinski definition) is 4. The Bertz CT molecular complexity index is 720. The number of nitrogens with one attached hydrogen (secondary N) is 1. The average Bonchev–Trinajstić information content (AvgIpc) is 2.95. The predicted molar refractivity (Wildman–Crippen MR) is 82.7 cm³/mol. The first-order valence-corrected chi connectivity index (χ1v) is 6.86. The van der Waals surface area contributed by atoms with E-state index in [2.05, 4.69) is 33.4 Å². The fourth-order valence-corrected chi connectivity index (χ4v) is 2.18. The van der Waals surface area contributed by atoms with Crippen LogP contribution in [0, 0.1) is 0 Å². The second-order valence-corrected chi connectivity index (χ2v) is 4.94. The summed E-state index contributed by atoms with van der Waals surface area (Å²) in [5.41, 5.74) is 3.03. The molecule has 1 atom stereocenters. The van der Waals surface area contributed by atoms with Gasteiger partial charge in [0.05, 0.1) is 11.7 Å². The summed E-state index contributed by atoms with van der Waals surface area (Å²) in [7, 11) is 1.86. The number of hydrogen-bond donors (Lipinski definition) is 1. The summed E-state index contributed by atoms with van der Waals surface area (Å²) in [6.07, 6.45) is 3.51. The highest BCUT2D eigenvalue weighted by atomic mass is 15.3. The van der Waals surface area contributed by atoms with E-state index in [1.165, 1.54) is 0 Å². The van der Waals surface area contributed by atoms with Gasteiger partial charge in [-0.15, -0.1) is 0 Å². The standard InChI is InChI=1S/C16H17N5/c1-12(15-8-3-4-9-17-15)19-14-7-5-6-13(10-14)16-18-11-21(2)20-16/h3-12,19H,1-2H3/t12-/m1/s1. The summed E-state index contributed by atoms with van der Waals surface area (Å²) >= 11 is 0. The molecule has 0 aliphatic heterocycles. The third kappa shape index (κ3) is 3.08. The smallest absolute Gasteiger partial charge is 0.181 e. The Labute approximate surface area is 123 Å². The fraction of sp³-hybridized carbons (Fsp3) is 0.188. The van der Waals surface area contributed by atoms with Gasteiger partial charge in [0.15, 0.2) is 5.82 Å². The molecule has 5 heteroatoms. The maximum atomic E-state index is 4.37. The van der Waals surface area contributed by atoms with Gasteiger partial charge in [0.25, 0.3) is 0 Å². The zero-order valence-corrected chi connectivity index (χ0v) is 12.1. The quantitative estimate of drug-likeness (QED) is 0.797. The molecule has 3 rings (SSSR count). The van der Waals surface area contributed by atoms with E-state index < -0.39 is 0 Å². The molecule has 2 heterocycles. The Hall–Kier alpha value is -2.69. The van der Waals surface area contributed by atoms with Crippen molar-refractivity contribution in [3.8, 4) is 11.4 Å². The van der Waals surface area contributed by atoms with Crippen LogP contribution in [0.4, 0.5) is 5.69 Å². The van der Waals surface area contributed by atoms with Crippen LogP contribution in [0.15, 0.2) is 55.0 Å². The van der Waals surface area contributed by atoms with Crippen LogP contribution in [0.25, 0.3) is 11.4 Å². The van der Waals surface area contributed by atoms with Crippen LogP contribution in [0.1, 0.15) is 18.7 Å². The van der Waals surface area contributed by atoms with Gasteiger partial charge in [0.1, 0.15) is 6.33 Å². The molecule has 0 amide bonds. The first kappa shape index (κ1) is 13.3. The van der Waals surface area contributed by atoms with E-state index in [-0.39, 0.29) is 6.04 Å². The van der Waals surface area contributed by atoms with Crippen LogP contribution < -0.4 is 5.32 Å². The molecule has 1 aromatic carbocycles. The molecule has 0 bridgehead atoms. The van der Waals surface area contributed by atoms with E-state index in [9.17, 15) is 0 Å². The van der Waals surface area contributed by atoms with E-state index in [0.717, 1.165) is 22.8 Å². The van der Waals surface area contributed by atoms with E-state index in [4.69, 9.17) is 0 Å². The number of nitrogens with zero attached hydrogens (tertiary/aromatic N) is 4. The lowest BCUT2D eigenvalue weighted by atomic mass is 10.1. The molecule has 21 heavy (non-hydrogen) atoms. The van der Waals surface area contributed by atoms with Crippen LogP contribution in [-0.2, 0) is 7.05 Å². The van der Waals surface area contributed by atoms with Crippen LogP contribution in [0.5, 0.6) is 0 Å². The maximum absolute atomic E-state index is 4.37. The number of anilines is 1. The Morgan fingerprint density at radius 2 is 2.00 bits per heavy atom. The maximum Gasteiger partial charge on any atom is 0.181 e. The lowest BCUT2D eigenvalue weighted by Crippen LogP contribution is -2.08. The van der Waals surface area contributed by atoms with Crippen LogP contribution >= 0.6 is 0 Å². The van der Waals surface area contributed by atoms with Crippen molar-refractivity contribution in [2.75, 3.05) is 5.32 Å². The van der Waals surface area contributed by atoms with Gasteiger partial charge < -0.3 is 5.32 Å². The third-order valence-electron chi connectivity index (χ3n) is 3.23. The normalized spacial score (nSPS) is 12.1. The fourth-order valence-electron chi connectivity index (χ4n) is 2.18. The van der Waals surface area contributed by atoms with Crippen molar-refractivity contribution >= 4 is 5.69 Å². The number of aromatic nitrogens is 4. The van der Waals surface area contributed by atoms with Gasteiger partial charge in [-0.1, -0.05) is 18.2 Å². The number of benzene rings is 1. The Balaban J connectivity index is 1.80. The van der Waals surface area contributed by atoms with Gasteiger partial charge in [-0.25, -0.2) is 4.98 Å². The van der Waals surface area contributed by atoms with Gasteiger partial charge >= 0.3 is 0 Å². The summed E-state index contributed by atoms with van der Waals surface area (Å²) in [5, 5.41) is 7.78. The summed E-state index contributed by atoms with van der Waals surface area (Å²) in [4.78, 5) is 8.64. The highest BCUT2D eigenvalue weighted by Gasteiger charge is 2.08. The second-order valence-electron chi connectivity index (χ2n) is 4.94. The van der Waals surface area contributed by atoms with Crippen LogP contribution in [-0.4, -0.2) is 19.7 Å². The minimum Gasteiger partial charge on any atom is -0.377 e. The molecular weight excluding hydrogens is 262 g/mol. The average molecular weight is 279 g/mol. The minimum absolute atomic E-state index is 0.137. The summed E-state index contributed by atoms with van der Waals surface area (Å²) in [6, 6.07) is 14.2. The lowest BCUT2D eigenvalue weighted by Gasteiger charge is -2.15. The minimum atomic E-state index is 0.137. The van der Waals surface area contributed by atoms with Crippen molar-refractivity contribution in [1.82, 2.24) is 19.7 Å². The highest BCUT2D eigenvalue weighted by molar-refractivity contribution is 5.62. The molecule has 3 aromatic rings. The Morgan fingerprint density at radius 1 is 1.10 bits per heavy atom. The zero-order valence-electron chi connectivity index (χ0n) is 12.1. The zero-order chi connectivity index (χ0) is 14.7. The molecule has 0 fully saturated rings. The summed E-state index contributed by atoms with van der Waals surface area (Å²) in [5.74, 6) is 0.728. The van der Waals surface area contributed by atoms with E-state index in [1.807, 2.05) is 49.6 Å². The molecule has 0 saturated carbocycles. The van der Waals surface area contributed by atoms with Crippen molar-refractivity contribution in [1.29, 1.82) is 0 Å². The van der Waals surface area contributed by atoms with Gasteiger partial charge in [-0.05, 0) is 31.2 Å². The van der Waals surface area contributed by atoms with Crippen LogP contribution in [0.2, 0.25) is 0 Å². The van der Waals surface area contributed by atoms with Crippen molar-refractivity contribution in [2.24, 2.45) is 7.05 Å². The van der Waals surface area contributed by atoms with Crippen molar-refractivity contribution in [2.45, 2.75) is 13.0 Å². The third-order valence-corrected chi connectivity index (χ3v) is 3.23. The van der Waals surface area contributed by atoms with Crippen molar-refractivity contribution in [3.05, 3.63) is 60.7 Å². The van der Waals surface area contributed by atoms with E-state index in [1.54, 1.807) is 11.0 Å². The first-order valence-electron chi connectivity index (χ1n) is 6.86. The largest absolute Gasteiger partial charge is 0.377 e. The molecule has 1 N–H and O–H groups in total. The van der Waals surface area contributed by atoms with Gasteiger partial charge in [-0.2, -0.15) is 5.10 Å². The summed E-state index contributed by atoms with van der Waals surface area (Å²) < 4.78 is 1.70. The van der Waals surface area contributed by atoms with Crippen molar-refractivity contribution < 1.29 is 0 Å². The molecule has 0 aliphatic rings. The second kappa shape index (κ2) is 5.75. The van der Waals surface area contributed by atoms with Gasteiger partial charge in [0.2, 0.25) is 0 Å². The Kier molecular flexibility index (Phi) is 3.64. The van der Waals surface area contributed by atoms with Gasteiger partial charge in [0, 0.05) is 24.5 Å². The molecule has 5 nitrogen and oxygen atoms in total. The van der Waals surface area contributed by atoms with E-state index in [0.29, 0.717) is 0 Å². The SMILES string of the molecule is C[C@@H](Nc1cccc(-c2ncn(C)n2)c1)c1ccccn1. The molecule has 0 aliphatic carbocycles. The number of aryl methyl sites for hydroxylation is 1.